The molecule has 9 heteroatoms. The van der Waals surface area contributed by atoms with Gasteiger partial charge in [-0.05, 0) is 23.9 Å². The zero-order valence-electron chi connectivity index (χ0n) is 16.7. The number of carbonyl (C=O) groups excluding carboxylic acids is 1. The van der Waals surface area contributed by atoms with Crippen molar-refractivity contribution < 1.29 is 9.53 Å². The first-order valence-corrected chi connectivity index (χ1v) is 10.1. The van der Waals surface area contributed by atoms with Gasteiger partial charge in [0.05, 0.1) is 19.8 Å². The molecule has 0 atom stereocenters. The second-order valence-electron chi connectivity index (χ2n) is 6.94. The fourth-order valence-electron chi connectivity index (χ4n) is 3.12. The third kappa shape index (κ3) is 6.90. The lowest BCUT2D eigenvalue weighted by atomic mass is 10.2. The molecule has 29 heavy (non-hydrogen) atoms. The van der Waals surface area contributed by atoms with Crippen molar-refractivity contribution in [2.75, 3.05) is 53.0 Å². The number of amides is 1. The van der Waals surface area contributed by atoms with E-state index in [1.54, 1.807) is 7.11 Å². The lowest BCUT2D eigenvalue weighted by Gasteiger charge is -2.34. The summed E-state index contributed by atoms with van der Waals surface area (Å²) in [5, 5.41) is 6.11. The van der Waals surface area contributed by atoms with Crippen LogP contribution in [-0.2, 0) is 16.2 Å². The summed E-state index contributed by atoms with van der Waals surface area (Å²) in [7, 11) is 1.62. The minimum atomic E-state index is 0.0427. The topological polar surface area (TPSA) is 78.4 Å². The number of aromatic nitrogens is 3. The molecule has 0 aliphatic carbocycles. The number of H-pyrrole nitrogens is 1. The highest BCUT2D eigenvalue weighted by Crippen LogP contribution is 2.07. The van der Waals surface area contributed by atoms with Gasteiger partial charge >= 0.3 is 0 Å². The molecular formula is C20H28N6O2S. The lowest BCUT2D eigenvalue weighted by molar-refractivity contribution is -0.122. The Balaban J connectivity index is 1.46. The van der Waals surface area contributed by atoms with E-state index in [1.807, 2.05) is 47.2 Å². The minimum absolute atomic E-state index is 0.0427. The van der Waals surface area contributed by atoms with E-state index < -0.39 is 0 Å². The summed E-state index contributed by atoms with van der Waals surface area (Å²) < 4.78 is 7.37. The average molecular weight is 417 g/mol. The molecule has 0 radical (unpaired) electrons. The van der Waals surface area contributed by atoms with Crippen molar-refractivity contribution >= 4 is 30.3 Å². The van der Waals surface area contributed by atoms with Crippen LogP contribution in [0.5, 0.6) is 0 Å². The number of carbonyl (C=O) groups is 1. The number of methoxy groups -OCH3 is 1. The molecule has 8 nitrogen and oxygen atoms in total. The Kier molecular flexibility index (Phi) is 8.12. The Labute approximate surface area is 176 Å². The normalized spacial score (nSPS) is 15.8. The van der Waals surface area contributed by atoms with Gasteiger partial charge in [-0.2, -0.15) is 4.98 Å². The van der Waals surface area contributed by atoms with E-state index in [0.29, 0.717) is 31.1 Å². The Morgan fingerprint density at radius 2 is 1.93 bits per heavy atom. The zero-order valence-corrected chi connectivity index (χ0v) is 17.5. The summed E-state index contributed by atoms with van der Waals surface area (Å²) in [4.78, 5) is 20.8. The van der Waals surface area contributed by atoms with Crippen LogP contribution >= 0.6 is 12.2 Å². The van der Waals surface area contributed by atoms with E-state index in [4.69, 9.17) is 17.0 Å². The third-order valence-electron chi connectivity index (χ3n) is 4.73. The monoisotopic (exact) mass is 416 g/mol. The smallest absolute Gasteiger partial charge is 0.234 e. The van der Waals surface area contributed by atoms with Crippen LogP contribution in [0.3, 0.4) is 0 Å². The van der Waals surface area contributed by atoms with Crippen LogP contribution in [0, 0.1) is 4.77 Å². The number of hydrogen-bond donors (Lipinski definition) is 2. The van der Waals surface area contributed by atoms with Crippen molar-refractivity contribution in [1.82, 2.24) is 29.9 Å². The number of ether oxygens (including phenoxy) is 1. The Hall–Kier alpha value is -2.33. The van der Waals surface area contributed by atoms with Crippen molar-refractivity contribution in [2.24, 2.45) is 0 Å². The highest BCUT2D eigenvalue weighted by molar-refractivity contribution is 7.71. The highest BCUT2D eigenvalue weighted by Gasteiger charge is 2.19. The molecule has 156 valence electrons. The maximum absolute atomic E-state index is 11.9. The van der Waals surface area contributed by atoms with Crippen LogP contribution in [0.4, 0.5) is 0 Å². The van der Waals surface area contributed by atoms with Gasteiger partial charge < -0.3 is 10.1 Å². The van der Waals surface area contributed by atoms with Crippen LogP contribution < -0.4 is 5.32 Å². The second-order valence-corrected chi connectivity index (χ2v) is 7.31. The Morgan fingerprint density at radius 3 is 2.66 bits per heavy atom. The van der Waals surface area contributed by atoms with Crippen LogP contribution in [0.1, 0.15) is 11.4 Å². The van der Waals surface area contributed by atoms with Gasteiger partial charge in [0.15, 0.2) is 0 Å². The summed E-state index contributed by atoms with van der Waals surface area (Å²) in [5.41, 5.74) is 1.11. The van der Waals surface area contributed by atoms with E-state index >= 15 is 0 Å². The fraction of sp³-hybridized carbons (Fsp3) is 0.450. The molecule has 2 aromatic rings. The first-order chi connectivity index (χ1) is 14.1. The molecule has 0 spiro atoms. The van der Waals surface area contributed by atoms with Crippen molar-refractivity contribution in [3.63, 3.8) is 0 Å². The van der Waals surface area contributed by atoms with Gasteiger partial charge in [-0.25, -0.2) is 4.68 Å². The first-order valence-electron chi connectivity index (χ1n) is 9.74. The van der Waals surface area contributed by atoms with Gasteiger partial charge in [0.2, 0.25) is 10.7 Å². The molecule has 1 aliphatic heterocycles. The highest BCUT2D eigenvalue weighted by atomic mass is 32.1. The number of nitrogens with zero attached hydrogens (tertiary/aromatic N) is 4. The number of rotatable bonds is 9. The quantitative estimate of drug-likeness (QED) is 0.476. The lowest BCUT2D eigenvalue weighted by Crippen LogP contribution is -2.49. The molecule has 3 rings (SSSR count). The first kappa shape index (κ1) is 21.4. The molecule has 0 bridgehead atoms. The molecule has 2 heterocycles. The summed E-state index contributed by atoms with van der Waals surface area (Å²) in [5.74, 6) is 0.784. The largest absolute Gasteiger partial charge is 0.383 e. The average Bonchev–Trinajstić information content (AvgIpc) is 3.08. The second kappa shape index (κ2) is 11.0. The standard InChI is InChI=1S/C20H28N6O2S/c1-28-14-9-21-19(27)15-24-10-12-25(13-11-24)16-26-20(29)22-18(23-26)8-7-17-5-3-2-4-6-17/h2-8H,9-16H2,1H3,(H,21,27)(H,22,23,29)/b8-7+. The maximum atomic E-state index is 11.9. The molecule has 0 unspecified atom stereocenters. The van der Waals surface area contributed by atoms with Crippen LogP contribution in [0.25, 0.3) is 12.2 Å². The molecule has 0 saturated carbocycles. The van der Waals surface area contributed by atoms with Gasteiger partial charge in [0.1, 0.15) is 5.82 Å². The Bertz CT molecular complexity index is 855. The van der Waals surface area contributed by atoms with E-state index in [9.17, 15) is 4.79 Å². The van der Waals surface area contributed by atoms with E-state index in [1.165, 1.54) is 0 Å². The van der Waals surface area contributed by atoms with Gasteiger partial charge in [-0.3, -0.25) is 19.7 Å². The van der Waals surface area contributed by atoms with Crippen molar-refractivity contribution in [3.8, 4) is 0 Å². The molecule has 1 aliphatic rings. The summed E-state index contributed by atoms with van der Waals surface area (Å²) in [6, 6.07) is 10.1. The molecule has 1 amide bonds. The van der Waals surface area contributed by atoms with Crippen LogP contribution in [0.2, 0.25) is 0 Å². The van der Waals surface area contributed by atoms with Crippen LogP contribution in [-0.4, -0.2) is 83.5 Å². The Morgan fingerprint density at radius 1 is 1.21 bits per heavy atom. The van der Waals surface area contributed by atoms with E-state index in [0.717, 1.165) is 37.6 Å². The zero-order chi connectivity index (χ0) is 20.5. The number of aromatic amines is 1. The minimum Gasteiger partial charge on any atom is -0.383 e. The number of nitrogens with one attached hydrogen (secondary N) is 2. The van der Waals surface area contributed by atoms with Crippen LogP contribution in [0.15, 0.2) is 30.3 Å². The summed E-state index contributed by atoms with van der Waals surface area (Å²) in [6.07, 6.45) is 3.94. The molecule has 1 aromatic carbocycles. The fourth-order valence-corrected chi connectivity index (χ4v) is 3.33. The van der Waals surface area contributed by atoms with Crippen molar-refractivity contribution in [3.05, 3.63) is 46.5 Å². The van der Waals surface area contributed by atoms with Gasteiger partial charge in [-0.1, -0.05) is 36.4 Å². The van der Waals surface area contributed by atoms with Gasteiger partial charge in [0, 0.05) is 39.8 Å². The number of hydrogen-bond acceptors (Lipinski definition) is 6. The predicted molar refractivity (Wildman–Crippen MR) is 116 cm³/mol. The van der Waals surface area contributed by atoms with Crippen molar-refractivity contribution in [2.45, 2.75) is 6.67 Å². The predicted octanol–water partition coefficient (Wildman–Crippen LogP) is 1.45. The summed E-state index contributed by atoms with van der Waals surface area (Å²) in [6.45, 7) is 5.62. The maximum Gasteiger partial charge on any atom is 0.234 e. The van der Waals surface area contributed by atoms with Gasteiger partial charge in [0.25, 0.3) is 0 Å². The molecule has 1 aromatic heterocycles. The van der Waals surface area contributed by atoms with E-state index in [-0.39, 0.29) is 5.91 Å². The molecular weight excluding hydrogens is 388 g/mol. The number of benzene rings is 1. The molecule has 2 N–H and O–H groups in total. The molecule has 1 saturated heterocycles. The SMILES string of the molecule is COCCNC(=O)CN1CCN(Cn2[nH]c(/C=C/c3ccccc3)nc2=S)CC1. The van der Waals surface area contributed by atoms with Crippen molar-refractivity contribution in [1.29, 1.82) is 0 Å². The number of piperazine rings is 1. The molecule has 1 fully saturated rings. The van der Waals surface area contributed by atoms with E-state index in [2.05, 4.69) is 25.2 Å². The third-order valence-corrected chi connectivity index (χ3v) is 5.04. The van der Waals surface area contributed by atoms with Gasteiger partial charge in [-0.15, -0.1) is 0 Å². The summed E-state index contributed by atoms with van der Waals surface area (Å²) >= 11 is 5.39.